The largest absolute Gasteiger partial charge is 0.397 e. The Hall–Kier alpha value is -1.76. The lowest BCUT2D eigenvalue weighted by Gasteiger charge is -2.30. The van der Waals surface area contributed by atoms with Crippen LogP contribution in [0.4, 0.5) is 15.8 Å². The summed E-state index contributed by atoms with van der Waals surface area (Å²) in [6.07, 6.45) is 0. The average molecular weight is 277 g/mol. The number of halogens is 1. The topological polar surface area (TPSA) is 33.6 Å². The second-order valence-corrected chi connectivity index (χ2v) is 6.02. The number of nitrogen functional groups attached to an aromatic ring is 1. The van der Waals surface area contributed by atoms with Gasteiger partial charge in [0.05, 0.1) is 11.4 Å². The van der Waals surface area contributed by atoms with Gasteiger partial charge in [-0.05, 0) is 24.0 Å². The molecule has 0 saturated carbocycles. The second kappa shape index (κ2) is 7.14. The first-order valence-corrected chi connectivity index (χ1v) is 7.01. The number of nitrogens with zero attached hydrogens (tertiary/aromatic N) is 2. The SMILES string of the molecule is [C-]#[N+]Cc1cc(N)c(N(CC(C)C)CC(C)C)c(F)c1. The molecule has 3 nitrogen and oxygen atoms in total. The molecule has 0 spiro atoms. The van der Waals surface area contributed by atoms with Crippen molar-refractivity contribution in [2.45, 2.75) is 34.2 Å². The zero-order valence-electron chi connectivity index (χ0n) is 12.8. The minimum absolute atomic E-state index is 0.162. The van der Waals surface area contributed by atoms with E-state index in [1.807, 2.05) is 4.90 Å². The molecule has 2 N–H and O–H groups in total. The predicted molar refractivity (Wildman–Crippen MR) is 83.0 cm³/mol. The van der Waals surface area contributed by atoms with E-state index < -0.39 is 0 Å². The van der Waals surface area contributed by atoms with Crippen LogP contribution in [0, 0.1) is 24.2 Å². The van der Waals surface area contributed by atoms with E-state index in [9.17, 15) is 4.39 Å². The summed E-state index contributed by atoms with van der Waals surface area (Å²) in [5.74, 6) is 0.524. The molecule has 0 aromatic heterocycles. The van der Waals surface area contributed by atoms with Gasteiger partial charge in [-0.15, -0.1) is 0 Å². The lowest BCUT2D eigenvalue weighted by atomic mass is 10.1. The Balaban J connectivity index is 3.15. The molecule has 0 unspecified atom stereocenters. The molecule has 1 aromatic carbocycles. The fourth-order valence-corrected chi connectivity index (χ4v) is 2.33. The maximum absolute atomic E-state index is 14.4. The highest BCUT2D eigenvalue weighted by Gasteiger charge is 2.18. The van der Waals surface area contributed by atoms with Crippen LogP contribution in [-0.4, -0.2) is 13.1 Å². The normalized spacial score (nSPS) is 10.9. The van der Waals surface area contributed by atoms with Crippen molar-refractivity contribution in [2.75, 3.05) is 23.7 Å². The Morgan fingerprint density at radius 2 is 1.75 bits per heavy atom. The average Bonchev–Trinajstić information content (AvgIpc) is 2.26. The molecular formula is C16H24FN3. The van der Waals surface area contributed by atoms with E-state index in [4.69, 9.17) is 12.3 Å². The van der Waals surface area contributed by atoms with E-state index in [0.717, 1.165) is 13.1 Å². The third-order valence-corrected chi connectivity index (χ3v) is 2.90. The fourth-order valence-electron chi connectivity index (χ4n) is 2.33. The summed E-state index contributed by atoms with van der Waals surface area (Å²) in [6, 6.07) is 3.14. The summed E-state index contributed by atoms with van der Waals surface area (Å²) in [5.41, 5.74) is 7.55. The van der Waals surface area contributed by atoms with Crippen molar-refractivity contribution in [3.63, 3.8) is 0 Å². The van der Waals surface area contributed by atoms with Crippen LogP contribution in [0.3, 0.4) is 0 Å². The fraction of sp³-hybridized carbons (Fsp3) is 0.562. The van der Waals surface area contributed by atoms with Crippen molar-refractivity contribution in [2.24, 2.45) is 11.8 Å². The van der Waals surface area contributed by atoms with E-state index in [0.29, 0.717) is 28.8 Å². The van der Waals surface area contributed by atoms with Crippen molar-refractivity contribution < 1.29 is 4.39 Å². The zero-order chi connectivity index (χ0) is 15.3. The summed E-state index contributed by atoms with van der Waals surface area (Å²) in [5, 5.41) is 0. The van der Waals surface area contributed by atoms with Crippen molar-refractivity contribution in [1.82, 2.24) is 0 Å². The first kappa shape index (κ1) is 16.3. The Labute approximate surface area is 121 Å². The van der Waals surface area contributed by atoms with Crippen LogP contribution < -0.4 is 10.6 Å². The van der Waals surface area contributed by atoms with Crippen LogP contribution in [0.25, 0.3) is 4.85 Å². The first-order chi connectivity index (χ1) is 9.35. The summed E-state index contributed by atoms with van der Waals surface area (Å²) in [7, 11) is 0. The standard InChI is InChI=1S/C16H24FN3/c1-11(2)9-20(10-12(3)4)16-14(17)6-13(8-19-5)7-15(16)18/h6-7,11-12H,8-10,18H2,1-4H3. The lowest BCUT2D eigenvalue weighted by Crippen LogP contribution is -2.32. The Bertz CT molecular complexity index is 456. The van der Waals surface area contributed by atoms with Gasteiger partial charge in [0.1, 0.15) is 5.82 Å². The van der Waals surface area contributed by atoms with Crippen molar-refractivity contribution in [3.05, 3.63) is 34.9 Å². The molecule has 0 saturated heterocycles. The highest BCUT2D eigenvalue weighted by molar-refractivity contribution is 5.69. The summed E-state index contributed by atoms with van der Waals surface area (Å²) >= 11 is 0. The molecule has 0 fully saturated rings. The van der Waals surface area contributed by atoms with Gasteiger partial charge in [0.15, 0.2) is 0 Å². The molecule has 0 radical (unpaired) electrons. The minimum atomic E-state index is -0.329. The maximum atomic E-state index is 14.4. The van der Waals surface area contributed by atoms with Gasteiger partial charge in [-0.1, -0.05) is 27.7 Å². The van der Waals surface area contributed by atoms with E-state index in [-0.39, 0.29) is 12.4 Å². The van der Waals surface area contributed by atoms with Gasteiger partial charge in [-0.3, -0.25) is 0 Å². The molecule has 0 aliphatic heterocycles. The Morgan fingerprint density at radius 1 is 1.20 bits per heavy atom. The molecule has 110 valence electrons. The van der Waals surface area contributed by atoms with E-state index in [2.05, 4.69) is 32.5 Å². The van der Waals surface area contributed by atoms with Crippen molar-refractivity contribution in [1.29, 1.82) is 0 Å². The van der Waals surface area contributed by atoms with Crippen LogP contribution in [0.15, 0.2) is 12.1 Å². The number of hydrogen-bond acceptors (Lipinski definition) is 2. The number of anilines is 2. The third kappa shape index (κ3) is 4.41. The van der Waals surface area contributed by atoms with Crippen LogP contribution in [0.1, 0.15) is 33.3 Å². The van der Waals surface area contributed by atoms with Crippen LogP contribution in [-0.2, 0) is 6.54 Å². The van der Waals surface area contributed by atoms with Gasteiger partial charge in [0.25, 0.3) is 0 Å². The van der Waals surface area contributed by atoms with Crippen LogP contribution in [0.2, 0.25) is 0 Å². The van der Waals surface area contributed by atoms with Gasteiger partial charge in [-0.2, -0.15) is 0 Å². The number of rotatable bonds is 6. The van der Waals surface area contributed by atoms with Crippen molar-refractivity contribution >= 4 is 11.4 Å². The van der Waals surface area contributed by atoms with Crippen molar-refractivity contribution in [3.8, 4) is 0 Å². The second-order valence-electron chi connectivity index (χ2n) is 6.02. The molecule has 0 amide bonds. The first-order valence-electron chi connectivity index (χ1n) is 7.01. The van der Waals surface area contributed by atoms with Crippen LogP contribution in [0.5, 0.6) is 0 Å². The molecule has 1 rings (SSSR count). The minimum Gasteiger partial charge on any atom is -0.397 e. The molecule has 0 aliphatic rings. The summed E-state index contributed by atoms with van der Waals surface area (Å²) in [4.78, 5) is 5.29. The molecule has 1 aromatic rings. The molecular weight excluding hydrogens is 253 g/mol. The van der Waals surface area contributed by atoms with Gasteiger partial charge in [0.2, 0.25) is 6.54 Å². The monoisotopic (exact) mass is 277 g/mol. The highest BCUT2D eigenvalue weighted by Crippen LogP contribution is 2.30. The zero-order valence-corrected chi connectivity index (χ0v) is 12.8. The van der Waals surface area contributed by atoms with Gasteiger partial charge in [0, 0.05) is 18.7 Å². The van der Waals surface area contributed by atoms with E-state index >= 15 is 0 Å². The Kier molecular flexibility index (Phi) is 5.82. The molecule has 20 heavy (non-hydrogen) atoms. The molecule has 0 atom stereocenters. The van der Waals surface area contributed by atoms with Gasteiger partial charge in [-0.25, -0.2) is 11.0 Å². The van der Waals surface area contributed by atoms with Gasteiger partial charge < -0.3 is 15.5 Å². The summed E-state index contributed by atoms with van der Waals surface area (Å²) < 4.78 is 14.4. The smallest absolute Gasteiger partial charge is 0.239 e. The Morgan fingerprint density at radius 3 is 2.15 bits per heavy atom. The number of hydrogen-bond donors (Lipinski definition) is 1. The quantitative estimate of drug-likeness (QED) is 0.631. The molecule has 0 aliphatic carbocycles. The van der Waals surface area contributed by atoms with E-state index in [1.54, 1.807) is 6.07 Å². The third-order valence-electron chi connectivity index (χ3n) is 2.90. The predicted octanol–water partition coefficient (Wildman–Crippen LogP) is 3.95. The maximum Gasteiger partial charge on any atom is 0.239 e. The van der Waals surface area contributed by atoms with Gasteiger partial charge >= 0.3 is 0 Å². The highest BCUT2D eigenvalue weighted by atomic mass is 19.1. The summed E-state index contributed by atoms with van der Waals surface area (Å²) in [6.45, 7) is 17.0. The van der Waals surface area contributed by atoms with Crippen LogP contribution >= 0.6 is 0 Å². The molecule has 0 bridgehead atoms. The van der Waals surface area contributed by atoms with E-state index in [1.165, 1.54) is 6.07 Å². The molecule has 0 heterocycles. The number of benzene rings is 1. The number of nitrogens with two attached hydrogens (primary N) is 1. The lowest BCUT2D eigenvalue weighted by molar-refractivity contribution is 0.538. The molecule has 4 heteroatoms.